The minimum atomic E-state index is -0.0105. The van der Waals surface area contributed by atoms with Crippen LogP contribution in [0.2, 0.25) is 0 Å². The minimum absolute atomic E-state index is 0.0105. The number of hydrogen-bond donors (Lipinski definition) is 2. The molecule has 0 spiro atoms. The van der Waals surface area contributed by atoms with E-state index in [9.17, 15) is 9.59 Å². The topological polar surface area (TPSA) is 89.5 Å². The first-order valence-corrected chi connectivity index (χ1v) is 11.6. The molecule has 0 bridgehead atoms. The quantitative estimate of drug-likeness (QED) is 0.248. The summed E-state index contributed by atoms with van der Waals surface area (Å²) in [6.07, 6.45) is 4.77. The summed E-state index contributed by atoms with van der Waals surface area (Å²) in [5.74, 6) is 1.42. The van der Waals surface area contributed by atoms with Gasteiger partial charge in [-0.15, -0.1) is 0 Å². The monoisotopic (exact) mass is 440 g/mol. The average Bonchev–Trinajstić information content (AvgIpc) is 2.76. The molecule has 0 aliphatic carbocycles. The van der Waals surface area contributed by atoms with Crippen LogP contribution in [0, 0.1) is 5.92 Å². The fourth-order valence-electron chi connectivity index (χ4n) is 3.40. The lowest BCUT2D eigenvalue weighted by atomic mass is 9.99. The maximum atomic E-state index is 12.1. The number of carbonyl (C=O) groups is 2. The number of carbonyl (C=O) groups excluding carboxylic acids is 2. The van der Waals surface area contributed by atoms with Gasteiger partial charge in [0.15, 0.2) is 5.96 Å². The van der Waals surface area contributed by atoms with Crippen LogP contribution >= 0.6 is 0 Å². The molecule has 2 N–H and O–H groups in total. The van der Waals surface area contributed by atoms with Crippen molar-refractivity contribution < 1.29 is 14.3 Å². The highest BCUT2D eigenvalue weighted by Crippen LogP contribution is 2.12. The molecule has 31 heavy (non-hydrogen) atoms. The Hall–Kier alpha value is -1.87. The molecule has 9 heteroatoms. The van der Waals surface area contributed by atoms with Crippen LogP contribution in [0.15, 0.2) is 4.99 Å². The van der Waals surface area contributed by atoms with Crippen molar-refractivity contribution in [3.05, 3.63) is 0 Å². The van der Waals surface area contributed by atoms with Gasteiger partial charge in [0.05, 0.1) is 13.2 Å². The van der Waals surface area contributed by atoms with Gasteiger partial charge in [-0.05, 0) is 12.3 Å². The van der Waals surface area contributed by atoms with E-state index in [0.29, 0.717) is 25.6 Å². The highest BCUT2D eigenvalue weighted by Gasteiger charge is 2.22. The maximum Gasteiger partial charge on any atom is 0.243 e. The van der Waals surface area contributed by atoms with Crippen molar-refractivity contribution in [3.63, 3.8) is 0 Å². The van der Waals surface area contributed by atoms with Gasteiger partial charge in [-0.3, -0.25) is 14.5 Å². The van der Waals surface area contributed by atoms with Gasteiger partial charge < -0.3 is 25.2 Å². The van der Waals surface area contributed by atoms with Gasteiger partial charge in [0.25, 0.3) is 0 Å². The number of hydrogen-bond acceptors (Lipinski definition) is 5. The van der Waals surface area contributed by atoms with Crippen LogP contribution in [-0.2, 0) is 14.3 Å². The molecule has 1 atom stereocenters. The number of guanidine groups is 1. The van der Waals surface area contributed by atoms with Crippen molar-refractivity contribution >= 4 is 17.8 Å². The summed E-state index contributed by atoms with van der Waals surface area (Å²) in [7, 11) is 5.12. The number of amides is 2. The summed E-state index contributed by atoms with van der Waals surface area (Å²) in [5, 5.41) is 6.39. The molecule has 1 saturated heterocycles. The van der Waals surface area contributed by atoms with Crippen molar-refractivity contribution in [1.82, 2.24) is 25.3 Å². The second-order valence-electron chi connectivity index (χ2n) is 8.33. The SMILES string of the molecule is CCCCC(CC)CNC(=NCC(=O)N(C)C)N1CCN(CC(=O)NCCOC)CC1. The van der Waals surface area contributed by atoms with E-state index in [1.165, 1.54) is 19.3 Å². The highest BCUT2D eigenvalue weighted by atomic mass is 16.5. The number of likely N-dealkylation sites (N-methyl/N-ethyl adjacent to an activating group) is 1. The molecule has 0 radical (unpaired) electrons. The standard InChI is InChI=1S/C22H44N6O3/c1-6-8-9-19(7-2)16-24-22(25-17-21(30)26(3)4)28-13-11-27(12-14-28)18-20(29)23-10-15-31-5/h19H,6-18H2,1-5H3,(H,23,29)(H,24,25). The van der Waals surface area contributed by atoms with Crippen molar-refractivity contribution in [3.8, 4) is 0 Å². The molecule has 0 aromatic rings. The Morgan fingerprint density at radius 2 is 1.84 bits per heavy atom. The molecule has 9 nitrogen and oxygen atoms in total. The second-order valence-corrected chi connectivity index (χ2v) is 8.33. The molecule has 1 aliphatic heterocycles. The van der Waals surface area contributed by atoms with E-state index in [2.05, 4.69) is 39.3 Å². The summed E-state index contributed by atoms with van der Waals surface area (Å²) in [5.41, 5.74) is 0. The zero-order valence-corrected chi connectivity index (χ0v) is 20.3. The molecule has 180 valence electrons. The van der Waals surface area contributed by atoms with E-state index in [4.69, 9.17) is 4.74 Å². The molecule has 1 aliphatic rings. The minimum Gasteiger partial charge on any atom is -0.383 e. The summed E-state index contributed by atoms with van der Waals surface area (Å²) >= 11 is 0. The Kier molecular flexibility index (Phi) is 13.9. The van der Waals surface area contributed by atoms with Crippen LogP contribution in [-0.4, -0.2) is 113 Å². The average molecular weight is 441 g/mol. The van der Waals surface area contributed by atoms with Gasteiger partial charge in [-0.25, -0.2) is 4.99 Å². The second kappa shape index (κ2) is 15.9. The molecule has 0 saturated carbocycles. The van der Waals surface area contributed by atoms with Crippen LogP contribution in [0.3, 0.4) is 0 Å². The fraction of sp³-hybridized carbons (Fsp3) is 0.864. The van der Waals surface area contributed by atoms with E-state index < -0.39 is 0 Å². The Balaban J connectivity index is 2.62. The van der Waals surface area contributed by atoms with E-state index in [0.717, 1.165) is 45.1 Å². The van der Waals surface area contributed by atoms with Crippen LogP contribution in [0.25, 0.3) is 0 Å². The van der Waals surface area contributed by atoms with Gasteiger partial charge in [-0.1, -0.05) is 33.1 Å². The molecule has 1 rings (SSSR count). The van der Waals surface area contributed by atoms with Gasteiger partial charge in [0, 0.05) is 60.5 Å². The predicted molar refractivity (Wildman–Crippen MR) is 125 cm³/mol. The predicted octanol–water partition coefficient (Wildman–Crippen LogP) is 0.617. The first-order chi connectivity index (χ1) is 14.9. The molecule has 0 aromatic carbocycles. The summed E-state index contributed by atoms with van der Waals surface area (Å²) in [6, 6.07) is 0. The van der Waals surface area contributed by atoms with Crippen LogP contribution < -0.4 is 10.6 Å². The highest BCUT2D eigenvalue weighted by molar-refractivity contribution is 5.85. The van der Waals surface area contributed by atoms with E-state index in [1.807, 2.05) is 0 Å². The number of unbranched alkanes of at least 4 members (excludes halogenated alkanes) is 1. The Bertz CT molecular complexity index is 547. The van der Waals surface area contributed by atoms with Crippen molar-refractivity contribution in [2.75, 3.05) is 80.2 Å². The summed E-state index contributed by atoms with van der Waals surface area (Å²) < 4.78 is 4.96. The number of rotatable bonds is 13. The van der Waals surface area contributed by atoms with Gasteiger partial charge in [-0.2, -0.15) is 0 Å². The number of ether oxygens (including phenoxy) is 1. The van der Waals surface area contributed by atoms with Gasteiger partial charge >= 0.3 is 0 Å². The largest absolute Gasteiger partial charge is 0.383 e. The lowest BCUT2D eigenvalue weighted by Gasteiger charge is -2.36. The number of nitrogens with one attached hydrogen (secondary N) is 2. The lowest BCUT2D eigenvalue weighted by molar-refractivity contribution is -0.127. The molecule has 1 heterocycles. The molecule has 1 unspecified atom stereocenters. The van der Waals surface area contributed by atoms with Crippen molar-refractivity contribution in [1.29, 1.82) is 0 Å². The zero-order chi connectivity index (χ0) is 23.1. The third kappa shape index (κ3) is 11.4. The van der Waals surface area contributed by atoms with E-state index in [-0.39, 0.29) is 18.4 Å². The molecular weight excluding hydrogens is 396 g/mol. The Morgan fingerprint density at radius 1 is 1.13 bits per heavy atom. The third-order valence-corrected chi connectivity index (χ3v) is 5.62. The van der Waals surface area contributed by atoms with Crippen molar-refractivity contribution in [2.24, 2.45) is 10.9 Å². The summed E-state index contributed by atoms with van der Waals surface area (Å²) in [6.45, 7) is 10.0. The molecular formula is C22H44N6O3. The number of piperazine rings is 1. The Morgan fingerprint density at radius 3 is 2.42 bits per heavy atom. The van der Waals surface area contributed by atoms with Crippen molar-refractivity contribution in [2.45, 2.75) is 39.5 Å². The number of aliphatic imine (C=N–C) groups is 1. The lowest BCUT2D eigenvalue weighted by Crippen LogP contribution is -2.54. The van der Waals surface area contributed by atoms with Crippen LogP contribution in [0.4, 0.5) is 0 Å². The Labute approximate surface area is 188 Å². The normalized spacial score (nSPS) is 16.2. The molecule has 1 fully saturated rings. The molecule has 2 amide bonds. The third-order valence-electron chi connectivity index (χ3n) is 5.62. The molecule has 0 aromatic heterocycles. The van der Waals surface area contributed by atoms with Crippen LogP contribution in [0.5, 0.6) is 0 Å². The number of methoxy groups -OCH3 is 1. The van der Waals surface area contributed by atoms with Gasteiger partial charge in [0.2, 0.25) is 11.8 Å². The van der Waals surface area contributed by atoms with Gasteiger partial charge in [0.1, 0.15) is 6.54 Å². The maximum absolute atomic E-state index is 12.1. The summed E-state index contributed by atoms with van der Waals surface area (Å²) in [4.78, 5) is 34.6. The smallest absolute Gasteiger partial charge is 0.243 e. The first kappa shape index (κ1) is 27.2. The first-order valence-electron chi connectivity index (χ1n) is 11.6. The number of nitrogens with zero attached hydrogens (tertiary/aromatic N) is 4. The van der Waals surface area contributed by atoms with E-state index >= 15 is 0 Å². The zero-order valence-electron chi connectivity index (χ0n) is 20.3. The fourth-order valence-corrected chi connectivity index (χ4v) is 3.40. The van der Waals surface area contributed by atoms with E-state index in [1.54, 1.807) is 26.1 Å². The van der Waals surface area contributed by atoms with Crippen LogP contribution in [0.1, 0.15) is 39.5 Å².